The van der Waals surface area contributed by atoms with Gasteiger partial charge in [-0.2, -0.15) is 0 Å². The van der Waals surface area contributed by atoms with Crippen molar-refractivity contribution in [1.82, 2.24) is 19.9 Å². The molecule has 0 saturated carbocycles. The molecule has 0 N–H and O–H groups in total. The first-order chi connectivity index (χ1) is 28.2. The fourth-order valence-corrected chi connectivity index (χ4v) is 8.00. The van der Waals surface area contributed by atoms with E-state index in [1.54, 1.807) is 0 Å². The molecule has 57 heavy (non-hydrogen) atoms. The van der Waals surface area contributed by atoms with Crippen LogP contribution in [0.1, 0.15) is 0 Å². The molecule has 0 bridgehead atoms. The van der Waals surface area contributed by atoms with Crippen molar-refractivity contribution in [2.75, 3.05) is 0 Å². The first kappa shape index (κ1) is 32.7. The quantitative estimate of drug-likeness (QED) is 0.160. The number of benzene rings is 8. The minimum Gasteiger partial charge on any atom is -0.456 e. The number of hydrogen-bond donors (Lipinski definition) is 0. The van der Waals surface area contributed by atoms with Crippen LogP contribution in [0.25, 0.3) is 111 Å². The van der Waals surface area contributed by atoms with E-state index >= 15 is 0 Å². The SMILES string of the molecule is c1ccc(-c2ccc(-c3cccc4oc5cc(-c6nc(-c7ccc(-c8ccccn8)cc7)nc(-c7cc8ccccc8c8ccccc78)n6)ccc5c34)cc2)cc1. The van der Waals surface area contributed by atoms with Crippen molar-refractivity contribution < 1.29 is 4.42 Å². The van der Waals surface area contributed by atoms with Crippen LogP contribution in [0.2, 0.25) is 0 Å². The van der Waals surface area contributed by atoms with Gasteiger partial charge in [0, 0.05) is 39.2 Å². The third kappa shape index (κ3) is 5.81. The minimum absolute atomic E-state index is 0.570. The number of aromatic nitrogens is 4. The normalized spacial score (nSPS) is 11.5. The summed E-state index contributed by atoms with van der Waals surface area (Å²) in [6.45, 7) is 0. The lowest BCUT2D eigenvalue weighted by atomic mass is 9.96. The Morgan fingerprint density at radius 1 is 0.333 bits per heavy atom. The molecule has 8 aromatic carbocycles. The molecular formula is C52H32N4O. The molecule has 0 spiro atoms. The Hall–Kier alpha value is -7.76. The topological polar surface area (TPSA) is 64.7 Å². The van der Waals surface area contributed by atoms with Crippen molar-refractivity contribution >= 4 is 43.5 Å². The molecule has 3 heterocycles. The van der Waals surface area contributed by atoms with Gasteiger partial charge in [0.05, 0.1) is 5.69 Å². The van der Waals surface area contributed by atoms with Gasteiger partial charge in [0.2, 0.25) is 0 Å². The highest BCUT2D eigenvalue weighted by atomic mass is 16.3. The van der Waals surface area contributed by atoms with E-state index in [1.165, 1.54) is 16.5 Å². The lowest BCUT2D eigenvalue weighted by Gasteiger charge is -2.12. The second-order valence-electron chi connectivity index (χ2n) is 14.2. The van der Waals surface area contributed by atoms with E-state index in [9.17, 15) is 0 Å². The monoisotopic (exact) mass is 728 g/mol. The first-order valence-electron chi connectivity index (χ1n) is 19.0. The molecule has 5 heteroatoms. The summed E-state index contributed by atoms with van der Waals surface area (Å²) < 4.78 is 6.58. The number of furan rings is 1. The standard InChI is InChI=1S/C52H32N4O/c1-2-11-33(12-3-1)34-20-22-35(23-21-34)41-17-10-19-47-49(41)44-29-28-39(32-48(44)57-47)51-54-50(37-26-24-36(25-27-37)46-18-8-9-30-53-46)55-52(56-51)45-31-38-13-4-5-14-40(38)42-15-6-7-16-43(42)45/h1-32H. The van der Waals surface area contributed by atoms with Gasteiger partial charge in [-0.1, -0.05) is 152 Å². The molecule has 3 aromatic heterocycles. The molecule has 0 aliphatic rings. The van der Waals surface area contributed by atoms with E-state index in [1.807, 2.05) is 36.5 Å². The van der Waals surface area contributed by atoms with E-state index in [0.717, 1.165) is 77.2 Å². The Balaban J connectivity index is 1.06. The molecule has 0 atom stereocenters. The molecule has 0 saturated heterocycles. The van der Waals surface area contributed by atoms with Crippen molar-refractivity contribution in [2.24, 2.45) is 0 Å². The number of hydrogen-bond acceptors (Lipinski definition) is 5. The van der Waals surface area contributed by atoms with E-state index < -0.39 is 0 Å². The van der Waals surface area contributed by atoms with Gasteiger partial charge < -0.3 is 4.42 Å². The highest BCUT2D eigenvalue weighted by Crippen LogP contribution is 2.40. The highest BCUT2D eigenvalue weighted by molar-refractivity contribution is 6.14. The fourth-order valence-electron chi connectivity index (χ4n) is 8.00. The molecule has 0 aliphatic carbocycles. The van der Waals surface area contributed by atoms with E-state index in [4.69, 9.17) is 19.4 Å². The van der Waals surface area contributed by atoms with Gasteiger partial charge >= 0.3 is 0 Å². The molecular weight excluding hydrogens is 697 g/mol. The molecule has 0 fully saturated rings. The Kier molecular flexibility index (Phi) is 7.74. The van der Waals surface area contributed by atoms with Gasteiger partial charge in [-0.05, 0) is 80.2 Å². The van der Waals surface area contributed by atoms with Gasteiger partial charge in [-0.25, -0.2) is 15.0 Å². The smallest absolute Gasteiger partial charge is 0.164 e. The van der Waals surface area contributed by atoms with E-state index in [-0.39, 0.29) is 0 Å². The van der Waals surface area contributed by atoms with Crippen LogP contribution in [0.15, 0.2) is 199 Å². The molecule has 5 nitrogen and oxygen atoms in total. The second kappa shape index (κ2) is 13.5. The summed E-state index contributed by atoms with van der Waals surface area (Å²) in [7, 11) is 0. The Labute approximate surface area is 328 Å². The summed E-state index contributed by atoms with van der Waals surface area (Å²) in [6.07, 6.45) is 1.81. The summed E-state index contributed by atoms with van der Waals surface area (Å²) in [5, 5.41) is 6.68. The van der Waals surface area contributed by atoms with Gasteiger partial charge in [0.15, 0.2) is 17.5 Å². The van der Waals surface area contributed by atoms with Crippen molar-refractivity contribution in [1.29, 1.82) is 0 Å². The molecule has 11 rings (SSSR count). The lowest BCUT2D eigenvalue weighted by molar-refractivity contribution is 0.669. The molecule has 0 amide bonds. The van der Waals surface area contributed by atoms with Crippen molar-refractivity contribution in [2.45, 2.75) is 0 Å². The molecule has 0 unspecified atom stereocenters. The maximum Gasteiger partial charge on any atom is 0.164 e. The third-order valence-electron chi connectivity index (χ3n) is 10.8. The summed E-state index contributed by atoms with van der Waals surface area (Å²) in [5.41, 5.74) is 10.9. The number of pyridine rings is 1. The predicted molar refractivity (Wildman–Crippen MR) is 233 cm³/mol. The van der Waals surface area contributed by atoms with Crippen LogP contribution in [0, 0.1) is 0 Å². The summed E-state index contributed by atoms with van der Waals surface area (Å²) >= 11 is 0. The van der Waals surface area contributed by atoms with Crippen LogP contribution in [-0.2, 0) is 0 Å². The number of rotatable bonds is 6. The van der Waals surface area contributed by atoms with Crippen LogP contribution in [-0.4, -0.2) is 19.9 Å². The second-order valence-corrected chi connectivity index (χ2v) is 14.2. The van der Waals surface area contributed by atoms with Crippen LogP contribution < -0.4 is 0 Å². The predicted octanol–water partition coefficient (Wildman–Crippen LogP) is 13.5. The average molecular weight is 729 g/mol. The zero-order chi connectivity index (χ0) is 37.7. The fraction of sp³-hybridized carbons (Fsp3) is 0. The average Bonchev–Trinajstić information content (AvgIpc) is 3.68. The maximum atomic E-state index is 6.58. The van der Waals surface area contributed by atoms with Crippen molar-refractivity contribution in [3.63, 3.8) is 0 Å². The molecule has 0 aliphatic heterocycles. The van der Waals surface area contributed by atoms with Crippen LogP contribution >= 0.6 is 0 Å². The Bertz CT molecular complexity index is 3270. The minimum atomic E-state index is 0.570. The van der Waals surface area contributed by atoms with E-state index in [0.29, 0.717) is 17.5 Å². The number of fused-ring (bicyclic) bond motifs is 6. The van der Waals surface area contributed by atoms with Crippen LogP contribution in [0.3, 0.4) is 0 Å². The van der Waals surface area contributed by atoms with Gasteiger partial charge in [0.25, 0.3) is 0 Å². The molecule has 11 aromatic rings. The molecule has 0 radical (unpaired) electrons. The lowest BCUT2D eigenvalue weighted by Crippen LogP contribution is -2.01. The van der Waals surface area contributed by atoms with Gasteiger partial charge in [-0.15, -0.1) is 0 Å². The first-order valence-corrected chi connectivity index (χ1v) is 19.0. The van der Waals surface area contributed by atoms with Gasteiger partial charge in [-0.3, -0.25) is 4.98 Å². The Morgan fingerprint density at radius 2 is 0.965 bits per heavy atom. The maximum absolute atomic E-state index is 6.58. The summed E-state index contributed by atoms with van der Waals surface area (Å²) in [4.78, 5) is 20.0. The van der Waals surface area contributed by atoms with Crippen molar-refractivity contribution in [3.8, 4) is 67.7 Å². The Morgan fingerprint density at radius 3 is 1.77 bits per heavy atom. The zero-order valence-corrected chi connectivity index (χ0v) is 30.7. The van der Waals surface area contributed by atoms with E-state index in [2.05, 4.69) is 163 Å². The molecule has 266 valence electrons. The summed E-state index contributed by atoms with van der Waals surface area (Å²) in [6, 6.07) is 65.1. The largest absolute Gasteiger partial charge is 0.456 e. The van der Waals surface area contributed by atoms with Crippen molar-refractivity contribution in [3.05, 3.63) is 194 Å². The zero-order valence-electron chi connectivity index (χ0n) is 30.7. The number of nitrogens with zero attached hydrogens (tertiary/aromatic N) is 4. The van der Waals surface area contributed by atoms with Crippen LogP contribution in [0.5, 0.6) is 0 Å². The van der Waals surface area contributed by atoms with Crippen LogP contribution in [0.4, 0.5) is 0 Å². The highest BCUT2D eigenvalue weighted by Gasteiger charge is 2.19. The van der Waals surface area contributed by atoms with Gasteiger partial charge in [0.1, 0.15) is 11.2 Å². The third-order valence-corrected chi connectivity index (χ3v) is 10.8. The summed E-state index contributed by atoms with van der Waals surface area (Å²) in [5.74, 6) is 1.77.